The summed E-state index contributed by atoms with van der Waals surface area (Å²) in [5.41, 5.74) is -1.18. The number of hydrogen-bond acceptors (Lipinski definition) is 5. The molecule has 1 rings (SSSR count). The largest absolute Gasteiger partial charge is 0.395 e. The van der Waals surface area contributed by atoms with Crippen molar-refractivity contribution in [3.8, 4) is 5.19 Å². The maximum Gasteiger partial charge on any atom is 0.351 e. The minimum absolute atomic E-state index is 0.200. The van der Waals surface area contributed by atoms with Crippen molar-refractivity contribution in [2.24, 2.45) is 0 Å². The average Bonchev–Trinajstić information content (AvgIpc) is 2.55. The highest BCUT2D eigenvalue weighted by Gasteiger charge is 2.19. The van der Waals surface area contributed by atoms with Gasteiger partial charge in [0.1, 0.15) is 0 Å². The van der Waals surface area contributed by atoms with Crippen molar-refractivity contribution in [2.45, 2.75) is 12.4 Å². The van der Waals surface area contributed by atoms with Gasteiger partial charge in [-0.1, -0.05) is 22.9 Å². The Labute approximate surface area is 89.0 Å². The number of alkyl halides is 1. The molecule has 7 heteroatoms. The molecule has 1 atom stereocenters. The van der Waals surface area contributed by atoms with Crippen LogP contribution in [0.1, 0.15) is 6.92 Å². The Bertz CT molecular complexity index is 328. The van der Waals surface area contributed by atoms with Gasteiger partial charge in [-0.2, -0.15) is 0 Å². The first kappa shape index (κ1) is 10.9. The van der Waals surface area contributed by atoms with E-state index in [9.17, 15) is 9.59 Å². The lowest BCUT2D eigenvalue weighted by molar-refractivity contribution is -0.136. The molecule has 0 saturated carbocycles. The molecule has 5 nitrogen and oxygen atoms in total. The molecule has 1 amide bonds. The Morgan fingerprint density at radius 2 is 2.43 bits per heavy atom. The number of halogens is 1. The molecule has 0 radical (unpaired) electrons. The van der Waals surface area contributed by atoms with Gasteiger partial charge in [0.05, 0.1) is 0 Å². The zero-order valence-electron chi connectivity index (χ0n) is 7.19. The quantitative estimate of drug-likeness (QED) is 0.476. The monoisotopic (exact) mass is 234 g/mol. The van der Waals surface area contributed by atoms with E-state index in [0.717, 1.165) is 11.3 Å². The van der Waals surface area contributed by atoms with Crippen molar-refractivity contribution in [1.29, 1.82) is 0 Å². The molecular weight excluding hydrogens is 228 g/mol. The van der Waals surface area contributed by atoms with Crippen LogP contribution in [0.3, 0.4) is 0 Å². The van der Waals surface area contributed by atoms with E-state index in [2.05, 4.69) is 10.3 Å². The third-order valence-electron chi connectivity index (χ3n) is 1.13. The fourth-order valence-electron chi connectivity index (χ4n) is 0.636. The zero-order chi connectivity index (χ0) is 10.6. The lowest BCUT2D eigenvalue weighted by Crippen LogP contribution is -2.37. The van der Waals surface area contributed by atoms with E-state index in [0.29, 0.717) is 0 Å². The van der Waals surface area contributed by atoms with Gasteiger partial charge in [0.2, 0.25) is 11.4 Å². The van der Waals surface area contributed by atoms with E-state index in [4.69, 9.17) is 16.3 Å². The van der Waals surface area contributed by atoms with Gasteiger partial charge in [-0.05, 0) is 0 Å². The van der Waals surface area contributed by atoms with Crippen molar-refractivity contribution in [1.82, 2.24) is 10.3 Å². The first-order valence-electron chi connectivity index (χ1n) is 3.62. The molecular formula is C7H7ClN2O3S. The first-order chi connectivity index (χ1) is 6.59. The molecule has 0 spiro atoms. The summed E-state index contributed by atoms with van der Waals surface area (Å²) in [6.07, 6.45) is 1.49. The SMILES string of the molecule is CC(=O)NC(Cl)C(=O)Oc1nccs1. The van der Waals surface area contributed by atoms with E-state index in [-0.39, 0.29) is 5.19 Å². The summed E-state index contributed by atoms with van der Waals surface area (Å²) < 4.78 is 4.74. The molecule has 14 heavy (non-hydrogen) atoms. The number of nitrogens with zero attached hydrogens (tertiary/aromatic N) is 1. The number of carbonyl (C=O) groups is 2. The van der Waals surface area contributed by atoms with Crippen molar-refractivity contribution in [2.75, 3.05) is 0 Å². The number of aromatic nitrogens is 1. The lowest BCUT2D eigenvalue weighted by atomic mass is 10.6. The maximum absolute atomic E-state index is 11.1. The predicted octanol–water partition coefficient (Wildman–Crippen LogP) is 0.750. The molecule has 1 unspecified atom stereocenters. The van der Waals surface area contributed by atoms with Crippen LogP contribution < -0.4 is 10.1 Å². The second-order valence-corrected chi connectivity index (χ2v) is 3.58. The Kier molecular flexibility index (Phi) is 3.84. The average molecular weight is 235 g/mol. The van der Waals surface area contributed by atoms with Gasteiger partial charge in [0.15, 0.2) is 0 Å². The third-order valence-corrected chi connectivity index (χ3v) is 2.07. The number of rotatable bonds is 3. The van der Waals surface area contributed by atoms with Gasteiger partial charge in [-0.25, -0.2) is 9.78 Å². The minimum Gasteiger partial charge on any atom is -0.395 e. The van der Waals surface area contributed by atoms with Crippen LogP contribution in [-0.4, -0.2) is 22.4 Å². The van der Waals surface area contributed by atoms with Crippen LogP contribution >= 0.6 is 22.9 Å². The summed E-state index contributed by atoms with van der Waals surface area (Å²) in [5.74, 6) is -1.15. The fraction of sp³-hybridized carbons (Fsp3) is 0.286. The normalized spacial score (nSPS) is 11.9. The van der Waals surface area contributed by atoms with Gasteiger partial charge in [-0.3, -0.25) is 4.79 Å². The van der Waals surface area contributed by atoms with E-state index in [1.165, 1.54) is 13.1 Å². The second-order valence-electron chi connectivity index (χ2n) is 2.28. The number of ether oxygens (including phenoxy) is 1. The number of amides is 1. The van der Waals surface area contributed by atoms with Crippen molar-refractivity contribution in [3.05, 3.63) is 11.6 Å². The Balaban J connectivity index is 2.46. The van der Waals surface area contributed by atoms with E-state index < -0.39 is 17.4 Å². The van der Waals surface area contributed by atoms with Gasteiger partial charge < -0.3 is 10.1 Å². The molecule has 1 aromatic heterocycles. The molecule has 1 heterocycles. The second kappa shape index (κ2) is 4.92. The smallest absolute Gasteiger partial charge is 0.351 e. The van der Waals surface area contributed by atoms with Crippen LogP contribution in [0.4, 0.5) is 0 Å². The molecule has 0 saturated heterocycles. The number of hydrogen-bond donors (Lipinski definition) is 1. The van der Waals surface area contributed by atoms with Crippen molar-refractivity contribution < 1.29 is 14.3 Å². The number of carbonyl (C=O) groups excluding carboxylic acids is 2. The molecule has 1 N–H and O–H groups in total. The van der Waals surface area contributed by atoms with Crippen LogP contribution in [0.15, 0.2) is 11.6 Å². The summed E-state index contributed by atoms with van der Waals surface area (Å²) in [7, 11) is 0. The van der Waals surface area contributed by atoms with Gasteiger partial charge in [0.25, 0.3) is 5.19 Å². The van der Waals surface area contributed by atoms with Crippen LogP contribution in [0.2, 0.25) is 0 Å². The van der Waals surface area contributed by atoms with E-state index >= 15 is 0 Å². The van der Waals surface area contributed by atoms with E-state index in [1.807, 2.05) is 0 Å². The Morgan fingerprint density at radius 1 is 1.71 bits per heavy atom. The molecule has 0 fully saturated rings. The maximum atomic E-state index is 11.1. The predicted molar refractivity (Wildman–Crippen MR) is 51.2 cm³/mol. The van der Waals surface area contributed by atoms with Gasteiger partial charge in [-0.15, -0.1) is 0 Å². The van der Waals surface area contributed by atoms with Gasteiger partial charge in [0, 0.05) is 18.5 Å². The molecule has 0 aromatic carbocycles. The Morgan fingerprint density at radius 3 is 2.93 bits per heavy atom. The standard InChI is InChI=1S/C7H7ClN2O3S/c1-4(11)10-5(8)6(12)13-7-9-2-3-14-7/h2-3,5H,1H3,(H,10,11). The van der Waals surface area contributed by atoms with Crippen molar-refractivity contribution in [3.63, 3.8) is 0 Å². The zero-order valence-corrected chi connectivity index (χ0v) is 8.76. The summed E-state index contributed by atoms with van der Waals surface area (Å²) in [5, 5.41) is 4.04. The topological polar surface area (TPSA) is 68.3 Å². The molecule has 0 aliphatic rings. The van der Waals surface area contributed by atoms with Crippen LogP contribution in [0.25, 0.3) is 0 Å². The lowest BCUT2D eigenvalue weighted by Gasteiger charge is -2.07. The number of nitrogens with one attached hydrogen (secondary N) is 1. The first-order valence-corrected chi connectivity index (χ1v) is 4.93. The summed E-state index contributed by atoms with van der Waals surface area (Å²) in [4.78, 5) is 25.4. The van der Waals surface area contributed by atoms with Crippen molar-refractivity contribution >= 4 is 34.8 Å². The van der Waals surface area contributed by atoms with Crippen LogP contribution in [0.5, 0.6) is 5.19 Å². The van der Waals surface area contributed by atoms with Crippen LogP contribution in [0, 0.1) is 0 Å². The highest BCUT2D eigenvalue weighted by atomic mass is 35.5. The fourth-order valence-corrected chi connectivity index (χ4v) is 1.32. The number of esters is 1. The molecule has 0 bridgehead atoms. The Hall–Kier alpha value is -1.14. The van der Waals surface area contributed by atoms with E-state index in [1.54, 1.807) is 5.38 Å². The highest BCUT2D eigenvalue weighted by Crippen LogP contribution is 2.14. The molecule has 0 aliphatic heterocycles. The molecule has 0 aliphatic carbocycles. The summed E-state index contributed by atoms with van der Waals surface area (Å²) >= 11 is 6.68. The number of thiazole rings is 1. The minimum atomic E-state index is -1.18. The van der Waals surface area contributed by atoms with Crippen LogP contribution in [-0.2, 0) is 9.59 Å². The molecule has 76 valence electrons. The summed E-state index contributed by atoms with van der Waals surface area (Å²) in [6, 6.07) is 0. The van der Waals surface area contributed by atoms with Gasteiger partial charge >= 0.3 is 5.97 Å². The highest BCUT2D eigenvalue weighted by molar-refractivity contribution is 7.11. The summed E-state index contributed by atoms with van der Waals surface area (Å²) in [6.45, 7) is 1.26. The molecule has 1 aromatic rings. The third kappa shape index (κ3) is 3.31.